The molecule has 0 amide bonds. The fraction of sp³-hybridized carbons (Fsp3) is 0.931. The van der Waals surface area contributed by atoms with Crippen LogP contribution in [0.15, 0.2) is 0 Å². The molecule has 0 aliphatic carbocycles. The summed E-state index contributed by atoms with van der Waals surface area (Å²) < 4.78 is 10.6. The zero-order valence-corrected chi connectivity index (χ0v) is 22.6. The fourth-order valence-electron chi connectivity index (χ4n) is 4.13. The minimum atomic E-state index is -0.0203. The van der Waals surface area contributed by atoms with Crippen LogP contribution in [0.2, 0.25) is 0 Å². The molecule has 4 heteroatoms. The van der Waals surface area contributed by atoms with Crippen molar-refractivity contribution in [1.82, 2.24) is 0 Å². The lowest BCUT2D eigenvalue weighted by Crippen LogP contribution is -2.23. The average Bonchev–Trinajstić information content (AvgIpc) is 2.78. The topological polar surface area (TPSA) is 52.6 Å². The summed E-state index contributed by atoms with van der Waals surface area (Å²) in [6.45, 7) is 9.66. The van der Waals surface area contributed by atoms with Crippen molar-refractivity contribution < 1.29 is 19.1 Å². The Kier molecular flexibility index (Phi) is 23.3. The second-order valence-corrected chi connectivity index (χ2v) is 10.1. The molecule has 1 unspecified atom stereocenters. The van der Waals surface area contributed by atoms with E-state index in [1.54, 1.807) is 0 Å². The predicted molar refractivity (Wildman–Crippen MR) is 139 cm³/mol. The van der Waals surface area contributed by atoms with E-state index in [4.69, 9.17) is 9.47 Å². The molecule has 1 atom stereocenters. The zero-order valence-electron chi connectivity index (χ0n) is 22.6. The molecule has 0 aromatic carbocycles. The number of carbonyl (C=O) groups excluding carboxylic acids is 2. The van der Waals surface area contributed by atoms with Crippen molar-refractivity contribution in [2.45, 2.75) is 150 Å². The molecule has 0 saturated heterocycles. The number of hydrogen-bond acceptors (Lipinski definition) is 4. The first-order chi connectivity index (χ1) is 16.0. The van der Waals surface area contributed by atoms with Crippen molar-refractivity contribution in [2.24, 2.45) is 11.8 Å². The summed E-state index contributed by atoms with van der Waals surface area (Å²) in [5, 5.41) is 0. The highest BCUT2D eigenvalue weighted by Crippen LogP contribution is 2.21. The molecule has 0 heterocycles. The van der Waals surface area contributed by atoms with Gasteiger partial charge in [0.2, 0.25) is 0 Å². The summed E-state index contributed by atoms with van der Waals surface area (Å²) in [7, 11) is 0. The molecular formula is C29H56O4. The standard InChI is InChI=1S/C29H56O4/c1-5-7-24-32-28(30)23-21-19-17-15-13-11-9-10-12-14-16-18-20-22-27(26(3)4)29(31)33-25-8-6-2/h26-27H,5-25H2,1-4H3. The Morgan fingerprint density at radius 3 is 1.45 bits per heavy atom. The zero-order chi connectivity index (χ0) is 24.6. The summed E-state index contributed by atoms with van der Waals surface area (Å²) >= 11 is 0. The lowest BCUT2D eigenvalue weighted by Gasteiger charge is -2.19. The Labute approximate surface area is 206 Å². The van der Waals surface area contributed by atoms with E-state index in [0.717, 1.165) is 51.4 Å². The number of esters is 2. The van der Waals surface area contributed by atoms with E-state index in [1.807, 2.05) is 0 Å². The fourth-order valence-corrected chi connectivity index (χ4v) is 4.13. The van der Waals surface area contributed by atoms with E-state index < -0.39 is 0 Å². The molecule has 0 fully saturated rings. The van der Waals surface area contributed by atoms with Gasteiger partial charge in [-0.25, -0.2) is 0 Å². The van der Waals surface area contributed by atoms with Crippen LogP contribution in [0.1, 0.15) is 150 Å². The quantitative estimate of drug-likeness (QED) is 0.105. The Morgan fingerprint density at radius 2 is 1.00 bits per heavy atom. The molecule has 0 saturated carbocycles. The van der Waals surface area contributed by atoms with Crippen LogP contribution in [0.25, 0.3) is 0 Å². The molecule has 0 rings (SSSR count). The maximum atomic E-state index is 12.3. The number of unbranched alkanes of at least 4 members (excludes halogenated alkanes) is 14. The van der Waals surface area contributed by atoms with Crippen LogP contribution in [-0.2, 0) is 19.1 Å². The van der Waals surface area contributed by atoms with Gasteiger partial charge in [-0.05, 0) is 31.6 Å². The van der Waals surface area contributed by atoms with Crippen LogP contribution in [0.5, 0.6) is 0 Å². The first-order valence-corrected chi connectivity index (χ1v) is 14.3. The number of carbonyl (C=O) groups is 2. The van der Waals surface area contributed by atoms with Gasteiger partial charge < -0.3 is 9.47 Å². The van der Waals surface area contributed by atoms with E-state index in [0.29, 0.717) is 25.6 Å². The summed E-state index contributed by atoms with van der Waals surface area (Å²) in [5.74, 6) is 0.434. The lowest BCUT2D eigenvalue weighted by atomic mass is 9.90. The normalized spacial score (nSPS) is 12.2. The lowest BCUT2D eigenvalue weighted by molar-refractivity contribution is -0.150. The summed E-state index contributed by atoms with van der Waals surface area (Å²) in [6.07, 6.45) is 22.0. The van der Waals surface area contributed by atoms with Crippen molar-refractivity contribution in [1.29, 1.82) is 0 Å². The molecular weight excluding hydrogens is 412 g/mol. The molecule has 33 heavy (non-hydrogen) atoms. The molecule has 0 N–H and O–H groups in total. The van der Waals surface area contributed by atoms with Crippen LogP contribution in [0.3, 0.4) is 0 Å². The first-order valence-electron chi connectivity index (χ1n) is 14.3. The first kappa shape index (κ1) is 31.9. The van der Waals surface area contributed by atoms with Crippen LogP contribution in [-0.4, -0.2) is 25.2 Å². The van der Waals surface area contributed by atoms with Gasteiger partial charge in [-0.15, -0.1) is 0 Å². The highest BCUT2D eigenvalue weighted by Gasteiger charge is 2.22. The largest absolute Gasteiger partial charge is 0.466 e. The molecule has 0 aromatic heterocycles. The molecule has 0 aliphatic rings. The van der Waals surface area contributed by atoms with Gasteiger partial charge in [0.1, 0.15) is 0 Å². The second-order valence-electron chi connectivity index (χ2n) is 10.1. The number of rotatable bonds is 24. The van der Waals surface area contributed by atoms with E-state index in [-0.39, 0.29) is 17.9 Å². The van der Waals surface area contributed by atoms with Gasteiger partial charge in [0, 0.05) is 6.42 Å². The third-order valence-electron chi connectivity index (χ3n) is 6.51. The van der Waals surface area contributed by atoms with Crippen LogP contribution < -0.4 is 0 Å². The summed E-state index contributed by atoms with van der Waals surface area (Å²) in [5.41, 5.74) is 0. The molecule has 196 valence electrons. The summed E-state index contributed by atoms with van der Waals surface area (Å²) in [6, 6.07) is 0. The van der Waals surface area contributed by atoms with Crippen LogP contribution in [0.4, 0.5) is 0 Å². The molecule has 0 bridgehead atoms. The average molecular weight is 469 g/mol. The number of ether oxygens (including phenoxy) is 2. The van der Waals surface area contributed by atoms with Gasteiger partial charge in [-0.3, -0.25) is 9.59 Å². The van der Waals surface area contributed by atoms with E-state index in [2.05, 4.69) is 27.7 Å². The Balaban J connectivity index is 3.43. The number of hydrogen-bond donors (Lipinski definition) is 0. The minimum absolute atomic E-state index is 0.0170. The highest BCUT2D eigenvalue weighted by atomic mass is 16.5. The summed E-state index contributed by atoms with van der Waals surface area (Å²) in [4.78, 5) is 23.8. The Bertz CT molecular complexity index is 447. The molecule has 0 aliphatic heterocycles. The predicted octanol–water partition coefficient (Wildman–Crippen LogP) is 8.80. The Hall–Kier alpha value is -1.06. The van der Waals surface area contributed by atoms with Gasteiger partial charge in [0.15, 0.2) is 0 Å². The third-order valence-corrected chi connectivity index (χ3v) is 6.51. The van der Waals surface area contributed by atoms with Crippen molar-refractivity contribution in [3.8, 4) is 0 Å². The third kappa shape index (κ3) is 21.2. The van der Waals surface area contributed by atoms with Gasteiger partial charge in [-0.2, -0.15) is 0 Å². The monoisotopic (exact) mass is 468 g/mol. The van der Waals surface area contributed by atoms with Gasteiger partial charge in [-0.1, -0.05) is 118 Å². The second kappa shape index (κ2) is 24.1. The van der Waals surface area contributed by atoms with Crippen molar-refractivity contribution in [2.75, 3.05) is 13.2 Å². The maximum absolute atomic E-state index is 12.3. The van der Waals surface area contributed by atoms with Gasteiger partial charge in [0.05, 0.1) is 19.1 Å². The van der Waals surface area contributed by atoms with Crippen LogP contribution in [0, 0.1) is 11.8 Å². The van der Waals surface area contributed by atoms with Gasteiger partial charge >= 0.3 is 11.9 Å². The van der Waals surface area contributed by atoms with Crippen molar-refractivity contribution >= 4 is 11.9 Å². The minimum Gasteiger partial charge on any atom is -0.466 e. The van der Waals surface area contributed by atoms with Crippen LogP contribution >= 0.6 is 0 Å². The van der Waals surface area contributed by atoms with E-state index in [9.17, 15) is 9.59 Å². The molecule has 0 aromatic rings. The SMILES string of the molecule is CCCCOC(=O)CCCCCCCCCCCCCCCC(C(=O)OCCCC)C(C)C. The van der Waals surface area contributed by atoms with Gasteiger partial charge in [0.25, 0.3) is 0 Å². The maximum Gasteiger partial charge on any atom is 0.309 e. The van der Waals surface area contributed by atoms with E-state index >= 15 is 0 Å². The van der Waals surface area contributed by atoms with Crippen molar-refractivity contribution in [3.05, 3.63) is 0 Å². The smallest absolute Gasteiger partial charge is 0.309 e. The molecule has 0 spiro atoms. The van der Waals surface area contributed by atoms with E-state index in [1.165, 1.54) is 64.2 Å². The molecule has 4 nitrogen and oxygen atoms in total. The Morgan fingerprint density at radius 1 is 0.576 bits per heavy atom. The highest BCUT2D eigenvalue weighted by molar-refractivity contribution is 5.72. The van der Waals surface area contributed by atoms with Crippen molar-refractivity contribution in [3.63, 3.8) is 0 Å². The molecule has 0 radical (unpaired) electrons.